The molecule has 0 aromatic carbocycles. The standard InChI is InChI=1S/C26H27N7O/c1-17-14-32(24-19(17)9-6-12-29-24)26(10-3-4-11-26)15-33-20-13-28-16-30-22(20)21(18-7-5-8-18)23(31-33)25(34)27-2/h5-7,9,12-14,16H,3-4,8,10-11,15H2,1-2H3,(H,27,34). The van der Waals surface area contributed by atoms with Gasteiger partial charge in [-0.2, -0.15) is 5.10 Å². The zero-order valence-corrected chi connectivity index (χ0v) is 19.5. The zero-order valence-electron chi connectivity index (χ0n) is 19.5. The first-order valence-electron chi connectivity index (χ1n) is 11.8. The molecule has 1 N–H and O–H groups in total. The van der Waals surface area contributed by atoms with Crippen LogP contribution in [0.1, 0.15) is 43.4 Å². The molecule has 0 bridgehead atoms. The van der Waals surface area contributed by atoms with Crippen LogP contribution in [0, 0.1) is 6.92 Å². The average Bonchev–Trinajstić information content (AvgIpc) is 3.44. The number of allylic oxidation sites excluding steroid dienone is 3. The van der Waals surface area contributed by atoms with Crippen molar-refractivity contribution in [2.24, 2.45) is 5.10 Å². The first kappa shape index (κ1) is 20.8. The number of hydrazone groups is 1. The number of rotatable bonds is 4. The van der Waals surface area contributed by atoms with Crippen molar-refractivity contribution < 1.29 is 4.79 Å². The average molecular weight is 454 g/mol. The predicted molar refractivity (Wildman–Crippen MR) is 132 cm³/mol. The van der Waals surface area contributed by atoms with Crippen molar-refractivity contribution in [3.05, 3.63) is 66.0 Å². The molecule has 4 heterocycles. The van der Waals surface area contributed by atoms with Gasteiger partial charge in [0.05, 0.1) is 18.3 Å². The predicted octanol–water partition coefficient (Wildman–Crippen LogP) is 3.74. The number of hydrogen-bond acceptors (Lipinski definition) is 6. The topological polar surface area (TPSA) is 88.3 Å². The molecular weight excluding hydrogens is 426 g/mol. The molecule has 2 aliphatic carbocycles. The Kier molecular flexibility index (Phi) is 4.83. The first-order valence-corrected chi connectivity index (χ1v) is 11.8. The number of nitrogens with zero attached hydrogens (tertiary/aromatic N) is 6. The second-order valence-corrected chi connectivity index (χ2v) is 9.34. The van der Waals surface area contributed by atoms with Crippen LogP contribution in [-0.2, 0) is 10.3 Å². The van der Waals surface area contributed by atoms with Gasteiger partial charge in [0, 0.05) is 30.4 Å². The fraction of sp³-hybridized carbons (Fsp3) is 0.346. The van der Waals surface area contributed by atoms with Gasteiger partial charge >= 0.3 is 0 Å². The molecule has 172 valence electrons. The Hall–Kier alpha value is -3.81. The maximum atomic E-state index is 13.0. The molecule has 0 atom stereocenters. The molecule has 0 spiro atoms. The summed E-state index contributed by atoms with van der Waals surface area (Å²) >= 11 is 0. The number of aromatic nitrogens is 4. The highest BCUT2D eigenvalue weighted by atomic mass is 16.1. The quantitative estimate of drug-likeness (QED) is 0.650. The third-order valence-corrected chi connectivity index (χ3v) is 7.34. The molecule has 6 rings (SSSR count). The van der Waals surface area contributed by atoms with Gasteiger partial charge in [-0.15, -0.1) is 0 Å². The number of amides is 1. The summed E-state index contributed by atoms with van der Waals surface area (Å²) in [5.74, 6) is -0.207. The normalized spacial score (nSPS) is 20.8. The highest BCUT2D eigenvalue weighted by Gasteiger charge is 2.41. The smallest absolute Gasteiger partial charge is 0.272 e. The summed E-state index contributed by atoms with van der Waals surface area (Å²) in [4.78, 5) is 26.6. The summed E-state index contributed by atoms with van der Waals surface area (Å²) in [6, 6.07) is 4.12. The molecule has 8 heteroatoms. The van der Waals surface area contributed by atoms with Crippen LogP contribution < -0.4 is 10.3 Å². The van der Waals surface area contributed by atoms with Gasteiger partial charge in [0.1, 0.15) is 23.4 Å². The SMILES string of the molecule is CNC(=O)C1=NN(CC2(n3cc(C)c4cccnc43)CCCC2)c2cncnc2C1=C1C=CC1. The fourth-order valence-electron chi connectivity index (χ4n) is 5.53. The second-order valence-electron chi connectivity index (χ2n) is 9.34. The third kappa shape index (κ3) is 3.09. The van der Waals surface area contributed by atoms with Gasteiger partial charge in [-0.1, -0.05) is 25.0 Å². The Morgan fingerprint density at radius 3 is 2.79 bits per heavy atom. The minimum atomic E-state index is -0.207. The van der Waals surface area contributed by atoms with Gasteiger partial charge in [-0.05, 0) is 49.5 Å². The lowest BCUT2D eigenvalue weighted by atomic mass is 9.89. The molecule has 1 aliphatic heterocycles. The molecule has 0 radical (unpaired) electrons. The van der Waals surface area contributed by atoms with Crippen LogP contribution in [0.15, 0.2) is 59.9 Å². The maximum absolute atomic E-state index is 13.0. The van der Waals surface area contributed by atoms with Crippen LogP contribution in [0.2, 0.25) is 0 Å². The number of hydrogen-bond donors (Lipinski definition) is 1. The van der Waals surface area contributed by atoms with E-state index < -0.39 is 0 Å². The Balaban J connectivity index is 1.51. The van der Waals surface area contributed by atoms with Crippen molar-refractivity contribution >= 4 is 33.9 Å². The van der Waals surface area contributed by atoms with E-state index >= 15 is 0 Å². The number of aryl methyl sites for hydroxylation is 1. The van der Waals surface area contributed by atoms with Crippen LogP contribution in [0.4, 0.5) is 5.69 Å². The number of anilines is 1. The van der Waals surface area contributed by atoms with Crippen molar-refractivity contribution in [2.45, 2.75) is 44.6 Å². The molecule has 0 unspecified atom stereocenters. The molecule has 34 heavy (non-hydrogen) atoms. The summed E-state index contributed by atoms with van der Waals surface area (Å²) < 4.78 is 2.35. The molecular formula is C26H27N7O. The minimum Gasteiger partial charge on any atom is -0.354 e. The van der Waals surface area contributed by atoms with Crippen molar-refractivity contribution in [3.63, 3.8) is 0 Å². The van der Waals surface area contributed by atoms with E-state index in [9.17, 15) is 4.79 Å². The molecule has 1 amide bonds. The van der Waals surface area contributed by atoms with E-state index in [2.05, 4.69) is 45.1 Å². The number of fused-ring (bicyclic) bond motifs is 2. The Labute approximate surface area is 198 Å². The zero-order chi connectivity index (χ0) is 23.3. The summed E-state index contributed by atoms with van der Waals surface area (Å²) in [5, 5.41) is 10.8. The van der Waals surface area contributed by atoms with Gasteiger partial charge in [0.15, 0.2) is 5.71 Å². The van der Waals surface area contributed by atoms with Gasteiger partial charge in [-0.3, -0.25) is 9.80 Å². The third-order valence-electron chi connectivity index (χ3n) is 7.34. The lowest BCUT2D eigenvalue weighted by molar-refractivity contribution is -0.114. The lowest BCUT2D eigenvalue weighted by Crippen LogP contribution is -2.44. The van der Waals surface area contributed by atoms with E-state index in [1.165, 1.54) is 10.9 Å². The van der Waals surface area contributed by atoms with Crippen molar-refractivity contribution in [1.82, 2.24) is 24.8 Å². The Morgan fingerprint density at radius 2 is 2.06 bits per heavy atom. The summed E-state index contributed by atoms with van der Waals surface area (Å²) in [7, 11) is 1.64. The van der Waals surface area contributed by atoms with Crippen LogP contribution in [-0.4, -0.2) is 44.7 Å². The van der Waals surface area contributed by atoms with E-state index in [1.807, 2.05) is 29.5 Å². The Bertz CT molecular complexity index is 1390. The van der Waals surface area contributed by atoms with Crippen LogP contribution >= 0.6 is 0 Å². The maximum Gasteiger partial charge on any atom is 0.272 e. The number of carbonyl (C=O) groups is 1. The molecule has 1 fully saturated rings. The van der Waals surface area contributed by atoms with Crippen molar-refractivity contribution in [3.8, 4) is 0 Å². The fourth-order valence-corrected chi connectivity index (χ4v) is 5.53. The van der Waals surface area contributed by atoms with Gasteiger partial charge < -0.3 is 9.88 Å². The van der Waals surface area contributed by atoms with E-state index in [1.54, 1.807) is 13.4 Å². The summed E-state index contributed by atoms with van der Waals surface area (Å²) in [6.07, 6.45) is 16.7. The lowest BCUT2D eigenvalue weighted by Gasteiger charge is -2.38. The summed E-state index contributed by atoms with van der Waals surface area (Å²) in [5.41, 5.74) is 5.93. The van der Waals surface area contributed by atoms with Crippen LogP contribution in [0.3, 0.4) is 0 Å². The van der Waals surface area contributed by atoms with E-state index in [4.69, 9.17) is 10.1 Å². The van der Waals surface area contributed by atoms with Crippen molar-refractivity contribution in [2.75, 3.05) is 18.6 Å². The van der Waals surface area contributed by atoms with E-state index in [-0.39, 0.29) is 11.4 Å². The van der Waals surface area contributed by atoms with Gasteiger partial charge in [0.25, 0.3) is 5.91 Å². The Morgan fingerprint density at radius 1 is 1.24 bits per heavy atom. The van der Waals surface area contributed by atoms with Gasteiger partial charge in [-0.25, -0.2) is 15.0 Å². The largest absolute Gasteiger partial charge is 0.354 e. The van der Waals surface area contributed by atoms with E-state index in [0.717, 1.165) is 60.3 Å². The molecule has 1 saturated carbocycles. The molecule has 3 aromatic heterocycles. The monoisotopic (exact) mass is 453 g/mol. The molecule has 3 aromatic rings. The van der Waals surface area contributed by atoms with Gasteiger partial charge in [0.2, 0.25) is 0 Å². The molecule has 3 aliphatic rings. The minimum absolute atomic E-state index is 0.188. The van der Waals surface area contributed by atoms with Crippen LogP contribution in [0.25, 0.3) is 16.6 Å². The molecule has 8 nitrogen and oxygen atoms in total. The molecule has 0 saturated heterocycles. The summed E-state index contributed by atoms with van der Waals surface area (Å²) in [6.45, 7) is 2.76. The number of carbonyl (C=O) groups excluding carboxylic acids is 1. The number of nitrogens with one attached hydrogen (secondary N) is 1. The van der Waals surface area contributed by atoms with Crippen molar-refractivity contribution in [1.29, 1.82) is 0 Å². The highest BCUT2D eigenvalue weighted by Crippen LogP contribution is 2.43. The second kappa shape index (κ2) is 7.90. The highest BCUT2D eigenvalue weighted by molar-refractivity contribution is 6.57. The first-order chi connectivity index (χ1) is 16.6. The van der Waals surface area contributed by atoms with E-state index in [0.29, 0.717) is 12.3 Å². The van der Waals surface area contributed by atoms with Crippen LogP contribution in [0.5, 0.6) is 0 Å². The number of pyridine rings is 1.